The van der Waals surface area contributed by atoms with Crippen LogP contribution >= 0.6 is 0 Å². The molecular weight excluding hydrogens is 188 g/mol. The molecule has 0 amide bonds. The number of rotatable bonds is 3. The average Bonchev–Trinajstić information content (AvgIpc) is 2.20. The van der Waals surface area contributed by atoms with Crippen molar-refractivity contribution in [3.05, 3.63) is 0 Å². The van der Waals surface area contributed by atoms with Crippen LogP contribution < -0.4 is 0 Å². The monoisotopic (exact) mass is 216 g/mol. The van der Waals surface area contributed by atoms with E-state index in [2.05, 4.69) is 25.7 Å². The zero-order valence-electron chi connectivity index (χ0n) is 10.9. The first-order valence-electron chi connectivity index (χ1n) is 6.31. The fraction of sp³-hybridized carbons (Fsp3) is 1.00. The quantitative estimate of drug-likeness (QED) is 0.427. The molecule has 0 radical (unpaired) electrons. The van der Waals surface area contributed by atoms with Gasteiger partial charge in [-0.05, 0) is 24.2 Å². The third-order valence-electron chi connectivity index (χ3n) is 3.63. The van der Waals surface area contributed by atoms with Crippen molar-refractivity contribution < 1.29 is 10.1 Å². The first kappa shape index (κ1) is 14.9. The molecule has 1 aliphatic rings. The van der Waals surface area contributed by atoms with Crippen LogP contribution in [-0.2, 0) is 4.89 Å². The fourth-order valence-electron chi connectivity index (χ4n) is 1.88. The van der Waals surface area contributed by atoms with Gasteiger partial charge >= 0.3 is 0 Å². The minimum atomic E-state index is 0.469. The molecule has 0 heterocycles. The van der Waals surface area contributed by atoms with Gasteiger partial charge in [0.15, 0.2) is 0 Å². The molecule has 0 spiro atoms. The highest BCUT2D eigenvalue weighted by Crippen LogP contribution is 2.39. The molecule has 92 valence electrons. The van der Waals surface area contributed by atoms with E-state index in [-0.39, 0.29) is 0 Å². The second kappa shape index (κ2) is 8.12. The van der Waals surface area contributed by atoms with Gasteiger partial charge in [0.25, 0.3) is 0 Å². The standard InChI is InChI=1S/C9H18.C4H10O2/c1-8-6-4-5-7-9(8,2)3;1-2-3-4-6-5/h8H,4-7H2,1-3H3;5H,2-4H2,1H3. The van der Waals surface area contributed by atoms with Gasteiger partial charge in [0.1, 0.15) is 0 Å². The molecule has 1 rings (SSSR count). The second-order valence-corrected chi connectivity index (χ2v) is 5.32. The van der Waals surface area contributed by atoms with Crippen molar-refractivity contribution in [2.24, 2.45) is 11.3 Å². The molecule has 1 unspecified atom stereocenters. The van der Waals surface area contributed by atoms with Crippen molar-refractivity contribution in [2.75, 3.05) is 6.61 Å². The van der Waals surface area contributed by atoms with Crippen LogP contribution in [0.5, 0.6) is 0 Å². The molecule has 1 N–H and O–H groups in total. The van der Waals surface area contributed by atoms with Crippen LogP contribution in [0.4, 0.5) is 0 Å². The number of hydrogen-bond donors (Lipinski definition) is 1. The van der Waals surface area contributed by atoms with Gasteiger partial charge in [0.2, 0.25) is 0 Å². The molecule has 15 heavy (non-hydrogen) atoms. The SMILES string of the molecule is CC1CCCCC1(C)C.CCCCOO. The summed E-state index contributed by atoms with van der Waals surface area (Å²) in [7, 11) is 0. The maximum Gasteiger partial charge on any atom is 0.0819 e. The molecule has 0 bridgehead atoms. The third-order valence-corrected chi connectivity index (χ3v) is 3.63. The van der Waals surface area contributed by atoms with Gasteiger partial charge in [-0.3, -0.25) is 5.26 Å². The van der Waals surface area contributed by atoms with Crippen LogP contribution in [0.3, 0.4) is 0 Å². The summed E-state index contributed by atoms with van der Waals surface area (Å²) in [5.41, 5.74) is 0.637. The van der Waals surface area contributed by atoms with Gasteiger partial charge in [0, 0.05) is 0 Å². The first-order valence-corrected chi connectivity index (χ1v) is 6.31. The first-order chi connectivity index (χ1) is 7.04. The van der Waals surface area contributed by atoms with E-state index in [0.29, 0.717) is 12.0 Å². The lowest BCUT2D eigenvalue weighted by molar-refractivity contribution is -0.242. The molecule has 0 aromatic carbocycles. The van der Waals surface area contributed by atoms with E-state index in [0.717, 1.165) is 18.8 Å². The highest BCUT2D eigenvalue weighted by atomic mass is 17.1. The second-order valence-electron chi connectivity index (χ2n) is 5.32. The molecule has 0 aromatic rings. The molecule has 2 heteroatoms. The Morgan fingerprint density at radius 1 is 1.33 bits per heavy atom. The summed E-state index contributed by atoms with van der Waals surface area (Å²) in [6.07, 6.45) is 7.82. The van der Waals surface area contributed by atoms with Gasteiger partial charge in [0.05, 0.1) is 6.61 Å². The van der Waals surface area contributed by atoms with E-state index in [9.17, 15) is 0 Å². The van der Waals surface area contributed by atoms with Gasteiger partial charge in [-0.1, -0.05) is 53.4 Å². The Labute approximate surface area is 95.0 Å². The van der Waals surface area contributed by atoms with E-state index in [4.69, 9.17) is 5.26 Å². The van der Waals surface area contributed by atoms with E-state index >= 15 is 0 Å². The summed E-state index contributed by atoms with van der Waals surface area (Å²) >= 11 is 0. The van der Waals surface area contributed by atoms with Crippen molar-refractivity contribution in [3.63, 3.8) is 0 Å². The van der Waals surface area contributed by atoms with Gasteiger partial charge in [-0.2, -0.15) is 0 Å². The summed E-state index contributed by atoms with van der Waals surface area (Å²) < 4.78 is 0. The molecule has 0 aromatic heterocycles. The predicted octanol–water partition coefficient (Wildman–Crippen LogP) is 4.50. The van der Waals surface area contributed by atoms with Crippen molar-refractivity contribution in [2.45, 2.75) is 66.2 Å². The number of hydrogen-bond acceptors (Lipinski definition) is 2. The van der Waals surface area contributed by atoms with Crippen LogP contribution in [0.15, 0.2) is 0 Å². The molecular formula is C13H28O2. The molecule has 0 aliphatic heterocycles. The highest BCUT2D eigenvalue weighted by Gasteiger charge is 2.27. The van der Waals surface area contributed by atoms with Crippen LogP contribution in [0.2, 0.25) is 0 Å². The normalized spacial score (nSPS) is 24.2. The summed E-state index contributed by atoms with van der Waals surface area (Å²) in [5.74, 6) is 0.950. The number of unbranched alkanes of at least 4 members (excludes halogenated alkanes) is 1. The Hall–Kier alpha value is -0.0800. The molecule has 1 saturated carbocycles. The molecule has 0 saturated heterocycles. The van der Waals surface area contributed by atoms with Crippen molar-refractivity contribution >= 4 is 0 Å². The maximum absolute atomic E-state index is 7.70. The molecule has 1 aliphatic carbocycles. The minimum Gasteiger partial charge on any atom is -0.252 e. The molecule has 2 nitrogen and oxygen atoms in total. The lowest BCUT2D eigenvalue weighted by Gasteiger charge is -2.36. The van der Waals surface area contributed by atoms with Crippen LogP contribution in [-0.4, -0.2) is 11.9 Å². The zero-order valence-corrected chi connectivity index (χ0v) is 10.9. The maximum atomic E-state index is 7.70. The smallest absolute Gasteiger partial charge is 0.0819 e. The molecule has 1 fully saturated rings. The average molecular weight is 216 g/mol. The van der Waals surface area contributed by atoms with Crippen molar-refractivity contribution in [1.29, 1.82) is 0 Å². The fourth-order valence-corrected chi connectivity index (χ4v) is 1.88. The Morgan fingerprint density at radius 2 is 2.00 bits per heavy atom. The Kier molecular flexibility index (Phi) is 8.07. The van der Waals surface area contributed by atoms with Crippen LogP contribution in [0, 0.1) is 11.3 Å². The topological polar surface area (TPSA) is 29.5 Å². The van der Waals surface area contributed by atoms with E-state index in [1.165, 1.54) is 25.7 Å². The predicted molar refractivity (Wildman–Crippen MR) is 64.9 cm³/mol. The Balaban J connectivity index is 0.000000288. The lowest BCUT2D eigenvalue weighted by Crippen LogP contribution is -2.24. The van der Waals surface area contributed by atoms with E-state index in [1.807, 2.05) is 6.92 Å². The van der Waals surface area contributed by atoms with E-state index < -0.39 is 0 Å². The third kappa shape index (κ3) is 6.91. The van der Waals surface area contributed by atoms with Crippen LogP contribution in [0.1, 0.15) is 66.2 Å². The van der Waals surface area contributed by atoms with E-state index in [1.54, 1.807) is 0 Å². The van der Waals surface area contributed by atoms with Gasteiger partial charge < -0.3 is 0 Å². The van der Waals surface area contributed by atoms with Crippen molar-refractivity contribution in [1.82, 2.24) is 0 Å². The van der Waals surface area contributed by atoms with Crippen LogP contribution in [0.25, 0.3) is 0 Å². The van der Waals surface area contributed by atoms with Crippen molar-refractivity contribution in [3.8, 4) is 0 Å². The summed E-state index contributed by atoms with van der Waals surface area (Å²) in [5, 5.41) is 7.70. The summed E-state index contributed by atoms with van der Waals surface area (Å²) in [6.45, 7) is 9.70. The Morgan fingerprint density at radius 3 is 2.27 bits per heavy atom. The summed E-state index contributed by atoms with van der Waals surface area (Å²) in [4.78, 5) is 3.78. The minimum absolute atomic E-state index is 0.469. The Bertz CT molecular complexity index is 139. The van der Waals surface area contributed by atoms with Gasteiger partial charge in [-0.15, -0.1) is 0 Å². The van der Waals surface area contributed by atoms with Gasteiger partial charge in [-0.25, -0.2) is 4.89 Å². The zero-order chi connectivity index (χ0) is 11.7. The lowest BCUT2D eigenvalue weighted by atomic mass is 9.70. The summed E-state index contributed by atoms with van der Waals surface area (Å²) in [6, 6.07) is 0. The largest absolute Gasteiger partial charge is 0.252 e. The highest BCUT2D eigenvalue weighted by molar-refractivity contribution is 4.79. The molecule has 1 atom stereocenters.